The molecule has 0 saturated carbocycles. The molecule has 2 aliphatic carbocycles. The number of nitrogens with zero attached hydrogens (tertiary/aromatic N) is 1. The predicted octanol–water partition coefficient (Wildman–Crippen LogP) is 3.38. The van der Waals surface area contributed by atoms with Gasteiger partial charge in [-0.05, 0) is 78.7 Å². The van der Waals surface area contributed by atoms with E-state index in [2.05, 4.69) is 35.6 Å². The maximum Gasteiger partial charge on any atom is 0.259 e. The molecule has 0 aromatic heterocycles. The van der Waals surface area contributed by atoms with Crippen molar-refractivity contribution in [2.75, 3.05) is 27.4 Å². The third-order valence-corrected chi connectivity index (χ3v) is 7.83. The fourth-order valence-electron chi connectivity index (χ4n) is 5.83. The zero-order valence-electron chi connectivity index (χ0n) is 18.1. The van der Waals surface area contributed by atoms with Gasteiger partial charge in [0.2, 0.25) is 0 Å². The van der Waals surface area contributed by atoms with Crippen LogP contribution >= 0.6 is 12.2 Å². The van der Waals surface area contributed by atoms with E-state index >= 15 is 0 Å². The number of thiocarbonyl (C=S) groups is 1. The number of rotatable bonds is 4. The highest BCUT2D eigenvalue weighted by Crippen LogP contribution is 2.59. The van der Waals surface area contributed by atoms with Crippen LogP contribution in [0.5, 0.6) is 5.75 Å². The minimum absolute atomic E-state index is 0.0521. The number of fused-ring (bicyclic) bond motifs is 4. The number of ether oxygens (including phenoxy) is 2. The molecular weight excluding hydrogens is 408 g/mol. The van der Waals surface area contributed by atoms with Crippen LogP contribution in [0, 0.1) is 5.41 Å². The second-order valence-corrected chi connectivity index (χ2v) is 9.32. The van der Waals surface area contributed by atoms with Gasteiger partial charge >= 0.3 is 0 Å². The van der Waals surface area contributed by atoms with Crippen LogP contribution in [0.1, 0.15) is 35.1 Å². The summed E-state index contributed by atoms with van der Waals surface area (Å²) in [5, 5.41) is 4.03. The topological polar surface area (TPSA) is 50.8 Å². The summed E-state index contributed by atoms with van der Waals surface area (Å²) in [4.78, 5) is 15.5. The molecule has 2 spiro atoms. The maximum atomic E-state index is 13.8. The second-order valence-electron chi connectivity index (χ2n) is 8.93. The predicted molar refractivity (Wildman–Crippen MR) is 123 cm³/mol. The van der Waals surface area contributed by atoms with Crippen molar-refractivity contribution in [2.24, 2.45) is 5.41 Å². The largest absolute Gasteiger partial charge is 0.491 e. The van der Waals surface area contributed by atoms with Gasteiger partial charge in [-0.2, -0.15) is 0 Å². The van der Waals surface area contributed by atoms with Crippen molar-refractivity contribution in [2.45, 2.75) is 37.6 Å². The van der Waals surface area contributed by atoms with Crippen LogP contribution in [-0.2, 0) is 34.3 Å². The Kier molecular flexibility index (Phi) is 5.02. The number of nitrogens with one attached hydrogen (secondary N) is 1. The summed E-state index contributed by atoms with van der Waals surface area (Å²) in [5.74, 6) is 0.815. The summed E-state index contributed by atoms with van der Waals surface area (Å²) in [5.41, 5.74) is 3.96. The Morgan fingerprint density at radius 1 is 1.06 bits per heavy atom. The Bertz CT molecular complexity index is 1030. The summed E-state index contributed by atoms with van der Waals surface area (Å²) in [6.45, 7) is 0.997. The minimum atomic E-state index is -0.836. The lowest BCUT2D eigenvalue weighted by atomic mass is 9.65. The summed E-state index contributed by atoms with van der Waals surface area (Å²) < 4.78 is 11.0. The molecule has 31 heavy (non-hydrogen) atoms. The van der Waals surface area contributed by atoms with Crippen molar-refractivity contribution < 1.29 is 14.3 Å². The third-order valence-electron chi connectivity index (χ3n) is 7.45. The summed E-state index contributed by atoms with van der Waals surface area (Å²) in [6.07, 6.45) is 4.68. The van der Waals surface area contributed by atoms with Crippen LogP contribution in [0.25, 0.3) is 0 Å². The van der Waals surface area contributed by atoms with Gasteiger partial charge < -0.3 is 14.8 Å². The molecule has 6 heteroatoms. The van der Waals surface area contributed by atoms with Crippen LogP contribution in [0.4, 0.5) is 0 Å². The second kappa shape index (κ2) is 7.61. The van der Waals surface area contributed by atoms with E-state index in [0.717, 1.165) is 43.4 Å². The van der Waals surface area contributed by atoms with Crippen molar-refractivity contribution in [3.63, 3.8) is 0 Å². The van der Waals surface area contributed by atoms with Crippen molar-refractivity contribution in [3.8, 4) is 5.75 Å². The quantitative estimate of drug-likeness (QED) is 0.588. The Hall–Kier alpha value is -2.44. The van der Waals surface area contributed by atoms with Gasteiger partial charge in [-0.15, -0.1) is 0 Å². The third kappa shape index (κ3) is 2.99. The van der Waals surface area contributed by atoms with E-state index in [-0.39, 0.29) is 11.3 Å². The normalized spacial score (nSPS) is 23.6. The van der Waals surface area contributed by atoms with E-state index < -0.39 is 5.54 Å². The van der Waals surface area contributed by atoms with Gasteiger partial charge in [0.25, 0.3) is 5.91 Å². The van der Waals surface area contributed by atoms with Crippen LogP contribution in [0.3, 0.4) is 0 Å². The molecule has 162 valence electrons. The van der Waals surface area contributed by atoms with Crippen LogP contribution in [-0.4, -0.2) is 43.3 Å². The molecule has 0 bridgehead atoms. The standard InChI is InChI=1S/C25H28N2O3S/c1-27-22(28)25(26-23(27)31)21-15-20(30-14-13-29-2)8-7-19(21)16-24(25)11-9-17-5-3-4-6-18(17)10-12-24/h3-8,15H,9-14,16H2,1-2H3,(H,26,31). The van der Waals surface area contributed by atoms with E-state index in [0.29, 0.717) is 18.3 Å². The lowest BCUT2D eigenvalue weighted by Crippen LogP contribution is -2.55. The molecule has 1 heterocycles. The molecule has 1 atom stereocenters. The van der Waals surface area contributed by atoms with Gasteiger partial charge in [0, 0.05) is 19.6 Å². The SMILES string of the molecule is COCCOc1ccc2c(c1)C1(NC(=S)N(C)C1=O)C1(CCc3ccccc3CC1)C2. The molecule has 0 radical (unpaired) electrons. The Morgan fingerprint density at radius 2 is 1.77 bits per heavy atom. The first-order valence-corrected chi connectivity index (χ1v) is 11.3. The number of hydrogen-bond donors (Lipinski definition) is 1. The van der Waals surface area contributed by atoms with Crippen LogP contribution < -0.4 is 10.1 Å². The molecule has 1 fully saturated rings. The molecule has 1 unspecified atom stereocenters. The molecule has 1 amide bonds. The highest BCUT2D eigenvalue weighted by atomic mass is 32.1. The summed E-state index contributed by atoms with van der Waals surface area (Å²) in [7, 11) is 3.44. The van der Waals surface area contributed by atoms with Crippen molar-refractivity contribution in [1.82, 2.24) is 10.2 Å². The van der Waals surface area contributed by atoms with Gasteiger partial charge in [0.05, 0.1) is 6.61 Å². The average Bonchev–Trinajstić information content (AvgIpc) is 3.07. The maximum absolute atomic E-state index is 13.8. The fourth-order valence-corrected chi connectivity index (χ4v) is 6.06. The molecule has 2 aromatic carbocycles. The van der Waals surface area contributed by atoms with Gasteiger partial charge in [0.1, 0.15) is 12.4 Å². The number of hydrogen-bond acceptors (Lipinski definition) is 4. The number of carbonyl (C=O) groups excluding carboxylic acids is 1. The highest BCUT2D eigenvalue weighted by molar-refractivity contribution is 7.80. The van der Waals surface area contributed by atoms with Crippen molar-refractivity contribution >= 4 is 23.2 Å². The number of amides is 1. The summed E-state index contributed by atoms with van der Waals surface area (Å²) in [6, 6.07) is 14.9. The van der Waals surface area contributed by atoms with Crippen LogP contribution in [0.15, 0.2) is 42.5 Å². The summed E-state index contributed by atoms with van der Waals surface area (Å²) >= 11 is 5.58. The van der Waals surface area contributed by atoms with Crippen LogP contribution in [0.2, 0.25) is 0 Å². The first kappa shape index (κ1) is 20.5. The smallest absolute Gasteiger partial charge is 0.259 e. The molecular formula is C25H28N2O3S. The Morgan fingerprint density at radius 3 is 2.39 bits per heavy atom. The number of likely N-dealkylation sites (N-methyl/N-ethyl adjacent to an activating group) is 1. The van der Waals surface area contributed by atoms with Gasteiger partial charge in [-0.25, -0.2) is 0 Å². The van der Waals surface area contributed by atoms with Gasteiger partial charge in [-0.3, -0.25) is 9.69 Å². The first-order chi connectivity index (χ1) is 15.0. The monoisotopic (exact) mass is 436 g/mol. The molecule has 5 rings (SSSR count). The Balaban J connectivity index is 1.59. The van der Waals surface area contributed by atoms with E-state index in [1.165, 1.54) is 16.7 Å². The molecule has 1 N–H and O–H groups in total. The van der Waals surface area contributed by atoms with Gasteiger partial charge in [-0.1, -0.05) is 30.3 Å². The number of benzene rings is 2. The fraction of sp³-hybridized carbons (Fsp3) is 0.440. The highest BCUT2D eigenvalue weighted by Gasteiger charge is 2.66. The lowest BCUT2D eigenvalue weighted by Gasteiger charge is -2.42. The number of methoxy groups -OCH3 is 1. The first-order valence-electron chi connectivity index (χ1n) is 10.9. The molecule has 1 saturated heterocycles. The van der Waals surface area contributed by atoms with E-state index in [9.17, 15) is 4.79 Å². The van der Waals surface area contributed by atoms with E-state index in [1.54, 1.807) is 19.1 Å². The average molecular weight is 437 g/mol. The lowest BCUT2D eigenvalue weighted by molar-refractivity contribution is -0.135. The molecule has 1 aliphatic heterocycles. The zero-order chi connectivity index (χ0) is 21.6. The number of carbonyl (C=O) groups is 1. The minimum Gasteiger partial charge on any atom is -0.491 e. The number of aryl methyl sites for hydroxylation is 2. The van der Waals surface area contributed by atoms with Gasteiger partial charge in [0.15, 0.2) is 10.7 Å². The van der Waals surface area contributed by atoms with Crippen molar-refractivity contribution in [3.05, 3.63) is 64.7 Å². The zero-order valence-corrected chi connectivity index (χ0v) is 18.9. The Labute approximate surface area is 188 Å². The van der Waals surface area contributed by atoms with E-state index in [1.807, 2.05) is 12.1 Å². The molecule has 3 aliphatic rings. The van der Waals surface area contributed by atoms with Crippen molar-refractivity contribution in [1.29, 1.82) is 0 Å². The molecule has 5 nitrogen and oxygen atoms in total. The molecule has 2 aromatic rings. The van der Waals surface area contributed by atoms with E-state index in [4.69, 9.17) is 21.7 Å².